The van der Waals surface area contributed by atoms with Gasteiger partial charge in [0.05, 0.1) is 29.6 Å². The number of hydrogen-bond donors (Lipinski definition) is 1. The van der Waals surface area contributed by atoms with Gasteiger partial charge in [-0.25, -0.2) is 4.39 Å². The molecule has 0 aliphatic carbocycles. The van der Waals surface area contributed by atoms with Crippen molar-refractivity contribution in [3.63, 3.8) is 0 Å². The summed E-state index contributed by atoms with van der Waals surface area (Å²) in [5.74, 6) is 0.540. The first-order chi connectivity index (χ1) is 18.9. The van der Waals surface area contributed by atoms with E-state index in [1.165, 1.54) is 24.1 Å². The Morgan fingerprint density at radius 2 is 2.00 bits per heavy atom. The van der Waals surface area contributed by atoms with Gasteiger partial charge in [-0.1, -0.05) is 0 Å². The minimum atomic E-state index is -0.462. The van der Waals surface area contributed by atoms with Crippen molar-refractivity contribution in [2.24, 2.45) is 11.8 Å². The Labute approximate surface area is 230 Å². The second kappa shape index (κ2) is 12.1. The van der Waals surface area contributed by atoms with Crippen molar-refractivity contribution in [2.45, 2.75) is 52.5 Å². The Balaban J connectivity index is 1.46. The molecule has 0 saturated carbocycles. The number of carbonyl (C=O) groups excluding carboxylic acids is 1. The minimum absolute atomic E-state index is 0.131. The van der Waals surface area contributed by atoms with Gasteiger partial charge in [0.1, 0.15) is 5.82 Å². The van der Waals surface area contributed by atoms with Crippen LogP contribution in [0.5, 0.6) is 0 Å². The first kappa shape index (κ1) is 27.7. The molecule has 7 nitrogen and oxygen atoms in total. The van der Waals surface area contributed by atoms with Crippen LogP contribution in [-0.2, 0) is 11.2 Å². The number of nitrogens with zero attached hydrogens (tertiary/aromatic N) is 4. The third kappa shape index (κ3) is 6.03. The number of aromatic nitrogens is 2. The van der Waals surface area contributed by atoms with E-state index in [1.54, 1.807) is 11.0 Å². The SMILES string of the molecule is Cc1cncc2c1c(C[C@@H]1CCN(CC3CCOCC3)C1)cn2-c1ccc(F)cc1C(=O)N(CCO)C(C)C. The quantitative estimate of drug-likeness (QED) is 0.433. The topological polar surface area (TPSA) is 70.8 Å². The van der Waals surface area contributed by atoms with E-state index < -0.39 is 5.82 Å². The molecule has 4 heterocycles. The fourth-order valence-corrected chi connectivity index (χ4v) is 6.39. The third-order valence-corrected chi connectivity index (χ3v) is 8.39. The molecule has 3 aromatic rings. The molecule has 210 valence electrons. The molecule has 2 aromatic heterocycles. The molecule has 39 heavy (non-hydrogen) atoms. The molecule has 1 N–H and O–H groups in total. The number of likely N-dealkylation sites (tertiary alicyclic amines) is 1. The van der Waals surface area contributed by atoms with E-state index >= 15 is 0 Å². The highest BCUT2D eigenvalue weighted by molar-refractivity contribution is 5.99. The van der Waals surface area contributed by atoms with E-state index in [9.17, 15) is 14.3 Å². The normalized spacial score (nSPS) is 18.9. The van der Waals surface area contributed by atoms with Crippen LogP contribution in [0, 0.1) is 24.6 Å². The van der Waals surface area contributed by atoms with E-state index in [-0.39, 0.29) is 30.7 Å². The number of amides is 1. The molecular formula is C31H41FN4O3. The summed E-state index contributed by atoms with van der Waals surface area (Å²) in [6, 6.07) is 4.26. The van der Waals surface area contributed by atoms with Crippen molar-refractivity contribution >= 4 is 16.8 Å². The molecule has 0 radical (unpaired) electrons. The first-order valence-electron chi connectivity index (χ1n) is 14.3. The number of aryl methyl sites for hydroxylation is 1. The molecule has 1 aromatic carbocycles. The van der Waals surface area contributed by atoms with Crippen LogP contribution in [0.4, 0.5) is 4.39 Å². The van der Waals surface area contributed by atoms with Gasteiger partial charge in [-0.2, -0.15) is 0 Å². The summed E-state index contributed by atoms with van der Waals surface area (Å²) < 4.78 is 22.0. The number of ether oxygens (including phenoxy) is 1. The lowest BCUT2D eigenvalue weighted by Gasteiger charge is -2.27. The number of rotatable bonds is 9. The molecule has 0 unspecified atom stereocenters. The van der Waals surface area contributed by atoms with Crippen molar-refractivity contribution in [1.82, 2.24) is 19.4 Å². The molecular weight excluding hydrogens is 495 g/mol. The summed E-state index contributed by atoms with van der Waals surface area (Å²) >= 11 is 0. The van der Waals surface area contributed by atoms with Crippen LogP contribution in [0.25, 0.3) is 16.6 Å². The van der Waals surface area contributed by atoms with Crippen molar-refractivity contribution in [1.29, 1.82) is 0 Å². The van der Waals surface area contributed by atoms with Crippen molar-refractivity contribution < 1.29 is 19.0 Å². The van der Waals surface area contributed by atoms with E-state index in [4.69, 9.17) is 4.74 Å². The van der Waals surface area contributed by atoms with E-state index in [1.807, 2.05) is 30.8 Å². The zero-order valence-corrected chi connectivity index (χ0v) is 23.4. The maximum absolute atomic E-state index is 14.5. The van der Waals surface area contributed by atoms with E-state index in [2.05, 4.69) is 23.0 Å². The Hall–Kier alpha value is -2.81. The number of carbonyl (C=O) groups is 1. The van der Waals surface area contributed by atoms with Crippen molar-refractivity contribution in [3.8, 4) is 5.69 Å². The Morgan fingerprint density at radius 3 is 2.74 bits per heavy atom. The highest BCUT2D eigenvalue weighted by Gasteiger charge is 2.28. The van der Waals surface area contributed by atoms with Crippen LogP contribution < -0.4 is 0 Å². The number of halogens is 1. The third-order valence-electron chi connectivity index (χ3n) is 8.39. The molecule has 0 spiro atoms. The van der Waals surface area contributed by atoms with Gasteiger partial charge in [0.15, 0.2) is 0 Å². The molecule has 8 heteroatoms. The Kier molecular flexibility index (Phi) is 8.64. The number of benzene rings is 1. The number of hydrogen-bond acceptors (Lipinski definition) is 5. The van der Waals surface area contributed by atoms with Gasteiger partial charge in [-0.3, -0.25) is 9.78 Å². The lowest BCUT2D eigenvalue weighted by atomic mass is 9.97. The Bertz CT molecular complexity index is 1300. The first-order valence-corrected chi connectivity index (χ1v) is 14.3. The predicted molar refractivity (Wildman–Crippen MR) is 151 cm³/mol. The van der Waals surface area contributed by atoms with Crippen LogP contribution in [0.2, 0.25) is 0 Å². The van der Waals surface area contributed by atoms with Gasteiger partial charge in [0.2, 0.25) is 0 Å². The monoisotopic (exact) mass is 536 g/mol. The van der Waals surface area contributed by atoms with Gasteiger partial charge in [0.25, 0.3) is 5.91 Å². The van der Waals surface area contributed by atoms with Crippen LogP contribution in [0.1, 0.15) is 54.6 Å². The molecule has 2 fully saturated rings. The smallest absolute Gasteiger partial charge is 0.256 e. The predicted octanol–water partition coefficient (Wildman–Crippen LogP) is 4.61. The molecule has 1 atom stereocenters. The molecule has 0 bridgehead atoms. The highest BCUT2D eigenvalue weighted by atomic mass is 19.1. The maximum atomic E-state index is 14.5. The number of pyridine rings is 1. The highest BCUT2D eigenvalue weighted by Crippen LogP contribution is 2.33. The van der Waals surface area contributed by atoms with Crippen LogP contribution in [-0.4, -0.2) is 82.4 Å². The van der Waals surface area contributed by atoms with Crippen LogP contribution in [0.15, 0.2) is 36.8 Å². The lowest BCUT2D eigenvalue weighted by Crippen LogP contribution is -2.39. The standard InChI is InChI=1S/C31H41FN4O3/c1-21(2)35(10-11-37)31(38)27-15-26(32)4-5-28(27)36-20-25(30-22(3)16-33-17-29(30)36)14-24-6-9-34(19-24)18-23-7-12-39-13-8-23/h4-5,15-17,20-21,23-24,37H,6-14,18-19H2,1-3H3/t24-/m0/s1. The van der Waals surface area contributed by atoms with Crippen molar-refractivity contribution in [3.05, 3.63) is 59.3 Å². The van der Waals surface area contributed by atoms with Crippen LogP contribution >= 0.6 is 0 Å². The molecule has 5 rings (SSSR count). The maximum Gasteiger partial charge on any atom is 0.256 e. The van der Waals surface area contributed by atoms with Gasteiger partial charge >= 0.3 is 0 Å². The van der Waals surface area contributed by atoms with E-state index in [0.717, 1.165) is 74.5 Å². The fourth-order valence-electron chi connectivity index (χ4n) is 6.39. The van der Waals surface area contributed by atoms with E-state index in [0.29, 0.717) is 11.6 Å². The summed E-state index contributed by atoms with van der Waals surface area (Å²) in [5.41, 5.74) is 4.16. The zero-order chi connectivity index (χ0) is 27.5. The summed E-state index contributed by atoms with van der Waals surface area (Å²) in [6.45, 7) is 11.1. The second-order valence-corrected chi connectivity index (χ2v) is 11.5. The zero-order valence-electron chi connectivity index (χ0n) is 23.4. The summed E-state index contributed by atoms with van der Waals surface area (Å²) in [5, 5.41) is 10.7. The summed E-state index contributed by atoms with van der Waals surface area (Å²) in [6.07, 6.45) is 10.3. The molecule has 1 amide bonds. The fraction of sp³-hybridized carbons (Fsp3) is 0.548. The Morgan fingerprint density at radius 1 is 1.21 bits per heavy atom. The average Bonchev–Trinajstić information content (AvgIpc) is 3.52. The average molecular weight is 537 g/mol. The minimum Gasteiger partial charge on any atom is -0.395 e. The lowest BCUT2D eigenvalue weighted by molar-refractivity contribution is 0.0551. The second-order valence-electron chi connectivity index (χ2n) is 11.5. The molecule has 2 saturated heterocycles. The summed E-state index contributed by atoms with van der Waals surface area (Å²) in [4.78, 5) is 22.3. The largest absolute Gasteiger partial charge is 0.395 e. The molecule has 2 aliphatic rings. The van der Waals surface area contributed by atoms with Gasteiger partial charge < -0.3 is 24.2 Å². The number of aliphatic hydroxyl groups excluding tert-OH is 1. The molecule has 2 aliphatic heterocycles. The van der Waals surface area contributed by atoms with Gasteiger partial charge in [0, 0.05) is 56.7 Å². The van der Waals surface area contributed by atoms with Gasteiger partial charge in [-0.05, 0) is 94.2 Å². The number of fused-ring (bicyclic) bond motifs is 1. The number of aliphatic hydroxyl groups is 1. The van der Waals surface area contributed by atoms with Crippen molar-refractivity contribution in [2.75, 3.05) is 46.0 Å². The summed E-state index contributed by atoms with van der Waals surface area (Å²) in [7, 11) is 0. The van der Waals surface area contributed by atoms with Gasteiger partial charge in [-0.15, -0.1) is 0 Å². The van der Waals surface area contributed by atoms with Crippen LogP contribution in [0.3, 0.4) is 0 Å².